The number of H-pyrrole nitrogens is 2. The van der Waals surface area contributed by atoms with Crippen LogP contribution in [0.5, 0.6) is 0 Å². The minimum absolute atomic E-state index is 0.483. The first kappa shape index (κ1) is 31.1. The van der Waals surface area contributed by atoms with E-state index in [0.717, 1.165) is 56.1 Å². The van der Waals surface area contributed by atoms with Gasteiger partial charge in [-0.1, -0.05) is 97.1 Å². The van der Waals surface area contributed by atoms with Crippen molar-refractivity contribution in [2.75, 3.05) is 0 Å². The zero-order valence-electron chi connectivity index (χ0n) is 29.1. The summed E-state index contributed by atoms with van der Waals surface area (Å²) in [5.74, 6) is 0.967. The van der Waals surface area contributed by atoms with Crippen LogP contribution in [0.2, 0.25) is 0 Å². The van der Waals surface area contributed by atoms with Gasteiger partial charge in [0.15, 0.2) is 11.3 Å². The molecule has 9 rings (SSSR count). The Balaban J connectivity index is 1.50. The smallest absolute Gasteiger partial charge is 0.238 e. The van der Waals surface area contributed by atoms with Gasteiger partial charge in [-0.05, 0) is 74.2 Å². The maximum absolute atomic E-state index is 5.22. The molecule has 0 aliphatic carbocycles. The molecule has 52 heavy (non-hydrogen) atoms. The fourth-order valence-corrected chi connectivity index (χ4v) is 6.62. The molecule has 0 saturated heterocycles. The van der Waals surface area contributed by atoms with E-state index in [2.05, 4.69) is 67.6 Å². The quantitative estimate of drug-likeness (QED) is 0.192. The molecule has 0 aliphatic heterocycles. The van der Waals surface area contributed by atoms with Crippen molar-refractivity contribution < 1.29 is 0 Å². The summed E-state index contributed by atoms with van der Waals surface area (Å²) in [4.78, 5) is 38.1. The van der Waals surface area contributed by atoms with Crippen LogP contribution in [-0.4, -0.2) is 49.0 Å². The predicted molar refractivity (Wildman–Crippen MR) is 207 cm³/mol. The summed E-state index contributed by atoms with van der Waals surface area (Å²) >= 11 is 0. The van der Waals surface area contributed by atoms with Gasteiger partial charge >= 0.3 is 0 Å². The lowest BCUT2D eigenvalue weighted by Crippen LogP contribution is -1.98. The monoisotopic (exact) mass is 678 g/mol. The molecule has 252 valence electrons. The minimum Gasteiger partial charge on any atom is -0.324 e. The molecule has 5 aromatic heterocycles. The summed E-state index contributed by atoms with van der Waals surface area (Å²) in [6, 6.07) is 40.7. The van der Waals surface area contributed by atoms with E-state index in [1.54, 1.807) is 0 Å². The van der Waals surface area contributed by atoms with E-state index in [0.29, 0.717) is 45.4 Å². The topological polar surface area (TPSA) is 119 Å². The molecule has 0 radical (unpaired) electrons. The first-order valence-corrected chi connectivity index (χ1v) is 17.2. The third-order valence-electron chi connectivity index (χ3n) is 9.68. The van der Waals surface area contributed by atoms with Crippen LogP contribution in [0.4, 0.5) is 0 Å². The normalized spacial score (nSPS) is 11.5. The van der Waals surface area contributed by atoms with Gasteiger partial charge in [-0.15, -0.1) is 0 Å². The van der Waals surface area contributed by atoms with Crippen LogP contribution in [0.25, 0.3) is 79.3 Å². The molecule has 0 fully saturated rings. The highest BCUT2D eigenvalue weighted by atomic mass is 15.2. The second kappa shape index (κ2) is 12.4. The Morgan fingerprint density at radius 3 is 1.02 bits per heavy atom. The van der Waals surface area contributed by atoms with E-state index >= 15 is 0 Å². The van der Waals surface area contributed by atoms with Crippen LogP contribution in [0.15, 0.2) is 121 Å². The molecule has 10 heteroatoms. The molecule has 8 bridgehead atoms. The molecule has 4 aromatic carbocycles. The standard InChI is InChI=1S/C42H34N10/c1-25-26(2)36-43-35(25)45-39-33(29-17-9-5-10-18-29)51(31-21-13-7-14-22-31)41(49-39)47-37-27(3)28(4)38(44-37)48-42-50-40(46-36)34(30-19-11-6-12-20-30)52(42)32-23-15-8-16-24-32/h5-24H,1-4H3,(H,43,45,46)(H,44,47,48,49,50). The third-order valence-corrected chi connectivity index (χ3v) is 9.68. The first-order valence-electron chi connectivity index (χ1n) is 17.2. The van der Waals surface area contributed by atoms with Gasteiger partial charge in [0.05, 0.1) is 0 Å². The number of nitrogens with zero attached hydrogens (tertiary/aromatic N) is 8. The molecular formula is C42H34N10. The third kappa shape index (κ3) is 5.20. The SMILES string of the molecule is Cc1c(C)c2nc3nc(nc4[nH]c(nc5nc(nc1[nH]2)c(-c1ccccc1)n5-c1ccccc1)c(C)c4C)n(-c1ccccc1)c3-c1ccccc1. The lowest BCUT2D eigenvalue weighted by molar-refractivity contribution is 1.08. The summed E-state index contributed by atoms with van der Waals surface area (Å²) in [7, 11) is 0. The van der Waals surface area contributed by atoms with Gasteiger partial charge in [0, 0.05) is 22.5 Å². The summed E-state index contributed by atoms with van der Waals surface area (Å²) in [5.41, 5.74) is 12.9. The molecule has 9 aromatic rings. The largest absolute Gasteiger partial charge is 0.324 e. The number of hydrogen-bond acceptors (Lipinski definition) is 6. The molecule has 0 saturated carbocycles. The lowest BCUT2D eigenvalue weighted by atomic mass is 10.1. The van der Waals surface area contributed by atoms with Crippen molar-refractivity contribution in [2.45, 2.75) is 27.7 Å². The Labute approximate surface area is 298 Å². The van der Waals surface area contributed by atoms with Crippen molar-refractivity contribution in [3.8, 4) is 33.9 Å². The molecule has 2 N–H and O–H groups in total. The number of fused-ring (bicyclic) bond motifs is 8. The highest BCUT2D eigenvalue weighted by molar-refractivity contribution is 5.84. The van der Waals surface area contributed by atoms with Crippen molar-refractivity contribution in [1.82, 2.24) is 49.0 Å². The van der Waals surface area contributed by atoms with E-state index in [4.69, 9.17) is 29.9 Å². The number of nitrogens with one attached hydrogen (secondary N) is 2. The predicted octanol–water partition coefficient (Wildman–Crippen LogP) is 9.16. The summed E-state index contributed by atoms with van der Waals surface area (Å²) in [6.45, 7) is 8.19. The molecule has 0 unspecified atom stereocenters. The maximum Gasteiger partial charge on any atom is 0.238 e. The number of hydrogen-bond donors (Lipinski definition) is 2. The second-order valence-corrected chi connectivity index (χ2v) is 12.8. The van der Waals surface area contributed by atoms with Gasteiger partial charge in [0.25, 0.3) is 0 Å². The number of aromatic amines is 2. The molecule has 0 atom stereocenters. The fourth-order valence-electron chi connectivity index (χ4n) is 6.62. The number of imidazole rings is 2. The zero-order valence-corrected chi connectivity index (χ0v) is 29.1. The average Bonchev–Trinajstić information content (AvgIpc) is 3.88. The number of aryl methyl sites for hydroxylation is 4. The van der Waals surface area contributed by atoms with Gasteiger partial charge in [0.1, 0.15) is 34.0 Å². The van der Waals surface area contributed by atoms with Gasteiger partial charge < -0.3 is 9.97 Å². The van der Waals surface area contributed by atoms with Crippen molar-refractivity contribution >= 4 is 45.4 Å². The van der Waals surface area contributed by atoms with Crippen LogP contribution in [0.1, 0.15) is 22.3 Å². The van der Waals surface area contributed by atoms with Gasteiger partial charge in [-0.25, -0.2) is 9.97 Å². The Hall–Kier alpha value is -6.94. The van der Waals surface area contributed by atoms with Crippen LogP contribution in [0, 0.1) is 27.7 Å². The first-order chi connectivity index (χ1) is 25.4. The molecule has 0 amide bonds. The van der Waals surface area contributed by atoms with E-state index in [1.165, 1.54) is 0 Å². The van der Waals surface area contributed by atoms with Crippen LogP contribution in [0.3, 0.4) is 0 Å². The molecule has 0 spiro atoms. The maximum atomic E-state index is 5.22. The number of benzene rings is 4. The Kier molecular flexibility index (Phi) is 7.43. The number of rotatable bonds is 4. The highest BCUT2D eigenvalue weighted by Gasteiger charge is 2.20. The average molecular weight is 679 g/mol. The second-order valence-electron chi connectivity index (χ2n) is 12.8. The molecule has 5 heterocycles. The van der Waals surface area contributed by atoms with Gasteiger partial charge in [0.2, 0.25) is 11.6 Å². The molecule has 0 aliphatic rings. The van der Waals surface area contributed by atoms with Crippen LogP contribution >= 0.6 is 0 Å². The Bertz CT molecular complexity index is 2480. The van der Waals surface area contributed by atoms with E-state index in [-0.39, 0.29) is 0 Å². The van der Waals surface area contributed by atoms with E-state index in [9.17, 15) is 0 Å². The van der Waals surface area contributed by atoms with E-state index < -0.39 is 0 Å². The number of aromatic nitrogens is 10. The molecule has 10 nitrogen and oxygen atoms in total. The zero-order chi connectivity index (χ0) is 35.3. The van der Waals surface area contributed by atoms with Gasteiger partial charge in [-0.2, -0.15) is 19.9 Å². The minimum atomic E-state index is 0.483. The summed E-state index contributed by atoms with van der Waals surface area (Å²) in [5, 5.41) is 0. The molecular weight excluding hydrogens is 645 g/mol. The van der Waals surface area contributed by atoms with Crippen molar-refractivity contribution in [3.05, 3.63) is 144 Å². The van der Waals surface area contributed by atoms with E-state index in [1.807, 2.05) is 100 Å². The fraction of sp³-hybridized carbons (Fsp3) is 0.0952. The summed E-state index contributed by atoms with van der Waals surface area (Å²) < 4.78 is 4.13. The number of para-hydroxylation sites is 2. The van der Waals surface area contributed by atoms with Crippen LogP contribution in [-0.2, 0) is 0 Å². The summed E-state index contributed by atoms with van der Waals surface area (Å²) in [6.07, 6.45) is 0. The van der Waals surface area contributed by atoms with Crippen LogP contribution < -0.4 is 0 Å². The Morgan fingerprint density at radius 1 is 0.365 bits per heavy atom. The van der Waals surface area contributed by atoms with Crippen molar-refractivity contribution in [1.29, 1.82) is 0 Å². The van der Waals surface area contributed by atoms with Crippen molar-refractivity contribution in [2.24, 2.45) is 0 Å². The highest BCUT2D eigenvalue weighted by Crippen LogP contribution is 2.32. The Morgan fingerprint density at radius 2 is 0.673 bits per heavy atom. The lowest BCUT2D eigenvalue weighted by Gasteiger charge is -2.09. The van der Waals surface area contributed by atoms with Crippen molar-refractivity contribution in [3.63, 3.8) is 0 Å². The van der Waals surface area contributed by atoms with Gasteiger partial charge in [-0.3, -0.25) is 9.13 Å².